The summed E-state index contributed by atoms with van der Waals surface area (Å²) in [7, 11) is 0. The molecule has 3 atom stereocenters. The minimum Gasteiger partial charge on any atom is -0.339 e. The lowest BCUT2D eigenvalue weighted by molar-refractivity contribution is -0.138. The number of carbonyl (C=O) groups excluding carboxylic acids is 1. The molecule has 0 aromatic rings. The molecule has 1 saturated heterocycles. The number of amides is 1. The van der Waals surface area contributed by atoms with Gasteiger partial charge in [-0.2, -0.15) is 0 Å². The lowest BCUT2D eigenvalue weighted by Crippen LogP contribution is -2.50. The third-order valence-electron chi connectivity index (χ3n) is 4.87. The topological polar surface area (TPSA) is 46.3 Å². The zero-order valence-electron chi connectivity index (χ0n) is 13.5. The van der Waals surface area contributed by atoms with Crippen LogP contribution in [0.2, 0.25) is 0 Å². The van der Waals surface area contributed by atoms with Crippen LogP contribution in [0.15, 0.2) is 0 Å². The van der Waals surface area contributed by atoms with Crippen molar-refractivity contribution in [1.82, 2.24) is 4.90 Å². The Kier molecular flexibility index (Phi) is 5.11. The van der Waals surface area contributed by atoms with E-state index in [1.54, 1.807) is 0 Å². The summed E-state index contributed by atoms with van der Waals surface area (Å²) in [4.78, 5) is 14.8. The van der Waals surface area contributed by atoms with Crippen molar-refractivity contribution in [3.63, 3.8) is 0 Å². The van der Waals surface area contributed by atoms with Crippen LogP contribution in [-0.2, 0) is 4.79 Å². The van der Waals surface area contributed by atoms with Crippen molar-refractivity contribution in [2.75, 3.05) is 6.54 Å². The third-order valence-corrected chi connectivity index (χ3v) is 4.87. The Hall–Kier alpha value is -0.570. The van der Waals surface area contributed by atoms with Gasteiger partial charge in [0, 0.05) is 25.0 Å². The lowest BCUT2D eigenvalue weighted by Gasteiger charge is -2.44. The molecule has 3 nitrogen and oxygen atoms in total. The first-order valence-electron chi connectivity index (χ1n) is 8.42. The second-order valence-corrected chi connectivity index (χ2v) is 8.07. The van der Waals surface area contributed by atoms with Crippen LogP contribution in [-0.4, -0.2) is 29.4 Å². The Balaban J connectivity index is 1.90. The van der Waals surface area contributed by atoms with E-state index < -0.39 is 0 Å². The number of hydrogen-bond acceptors (Lipinski definition) is 2. The summed E-state index contributed by atoms with van der Waals surface area (Å²) in [5.41, 5.74) is 6.39. The predicted molar refractivity (Wildman–Crippen MR) is 83.4 cm³/mol. The average Bonchev–Trinajstić information content (AvgIpc) is 2.35. The molecule has 1 amide bonds. The standard InChI is InChI=1S/C17H32N2O/c1-17(2,3)12-14(18)11-16(20)19-10-6-8-13-7-4-5-9-15(13)19/h13-15H,4-12,18H2,1-3H3/t13-,14?,15-/m1/s1. The maximum Gasteiger partial charge on any atom is 0.224 e. The van der Waals surface area contributed by atoms with Crippen molar-refractivity contribution in [1.29, 1.82) is 0 Å². The molecule has 116 valence electrons. The van der Waals surface area contributed by atoms with Crippen molar-refractivity contribution >= 4 is 5.91 Å². The second-order valence-electron chi connectivity index (χ2n) is 8.07. The third kappa shape index (κ3) is 4.21. The molecule has 0 aromatic carbocycles. The molecular formula is C17H32N2O. The molecule has 3 heteroatoms. The van der Waals surface area contributed by atoms with E-state index in [2.05, 4.69) is 25.7 Å². The molecule has 2 fully saturated rings. The molecule has 0 radical (unpaired) electrons. The average molecular weight is 280 g/mol. The van der Waals surface area contributed by atoms with Crippen molar-refractivity contribution in [2.24, 2.45) is 17.1 Å². The van der Waals surface area contributed by atoms with Crippen LogP contribution in [0, 0.1) is 11.3 Å². The van der Waals surface area contributed by atoms with E-state index in [0.717, 1.165) is 18.9 Å². The molecule has 20 heavy (non-hydrogen) atoms. The summed E-state index contributed by atoms with van der Waals surface area (Å²) < 4.78 is 0. The molecule has 2 rings (SSSR count). The highest BCUT2D eigenvalue weighted by Crippen LogP contribution is 2.35. The summed E-state index contributed by atoms with van der Waals surface area (Å²) in [6, 6.07) is 0.526. The highest BCUT2D eigenvalue weighted by molar-refractivity contribution is 5.77. The van der Waals surface area contributed by atoms with Gasteiger partial charge in [0.2, 0.25) is 5.91 Å². The predicted octanol–water partition coefficient (Wildman–Crippen LogP) is 3.32. The minimum atomic E-state index is 0.00599. The van der Waals surface area contributed by atoms with Gasteiger partial charge in [-0.3, -0.25) is 4.79 Å². The largest absolute Gasteiger partial charge is 0.339 e. The van der Waals surface area contributed by atoms with E-state index in [0.29, 0.717) is 18.4 Å². The number of piperidine rings is 1. The maximum atomic E-state index is 12.6. The van der Waals surface area contributed by atoms with Crippen LogP contribution in [0.1, 0.15) is 72.1 Å². The van der Waals surface area contributed by atoms with Crippen LogP contribution in [0.3, 0.4) is 0 Å². The van der Waals surface area contributed by atoms with Gasteiger partial charge in [0.25, 0.3) is 0 Å². The normalized spacial score (nSPS) is 28.9. The molecule has 0 aromatic heterocycles. The molecule has 1 unspecified atom stereocenters. The summed E-state index contributed by atoms with van der Waals surface area (Å²) in [5, 5.41) is 0. The monoisotopic (exact) mass is 280 g/mol. The number of carbonyl (C=O) groups is 1. The number of hydrogen-bond donors (Lipinski definition) is 1. The van der Waals surface area contributed by atoms with E-state index in [9.17, 15) is 4.79 Å². The van der Waals surface area contributed by atoms with Gasteiger partial charge in [-0.1, -0.05) is 33.6 Å². The number of nitrogens with zero attached hydrogens (tertiary/aromatic N) is 1. The Labute approximate surface area is 124 Å². The summed E-state index contributed by atoms with van der Waals surface area (Å²) in [6.07, 6.45) is 9.13. The fourth-order valence-electron chi connectivity index (χ4n) is 4.13. The van der Waals surface area contributed by atoms with Crippen LogP contribution in [0.5, 0.6) is 0 Å². The van der Waals surface area contributed by atoms with Gasteiger partial charge in [-0.15, -0.1) is 0 Å². The van der Waals surface area contributed by atoms with E-state index >= 15 is 0 Å². The van der Waals surface area contributed by atoms with Crippen LogP contribution in [0.25, 0.3) is 0 Å². The molecule has 1 aliphatic carbocycles. The summed E-state index contributed by atoms with van der Waals surface area (Å²) >= 11 is 0. The van der Waals surface area contributed by atoms with Crippen molar-refractivity contribution in [3.05, 3.63) is 0 Å². The number of fused-ring (bicyclic) bond motifs is 1. The lowest BCUT2D eigenvalue weighted by atomic mass is 9.78. The SMILES string of the molecule is CC(C)(C)CC(N)CC(=O)N1CCC[C@H]2CCCC[C@H]21. The van der Waals surface area contributed by atoms with Gasteiger partial charge in [0.05, 0.1) is 0 Å². The zero-order valence-corrected chi connectivity index (χ0v) is 13.5. The van der Waals surface area contributed by atoms with Crippen molar-refractivity contribution in [3.8, 4) is 0 Å². The van der Waals surface area contributed by atoms with Gasteiger partial charge < -0.3 is 10.6 Å². The molecule has 2 aliphatic rings. The van der Waals surface area contributed by atoms with E-state index in [1.165, 1.54) is 38.5 Å². The molecule has 1 heterocycles. The van der Waals surface area contributed by atoms with Gasteiger partial charge in [-0.05, 0) is 43.4 Å². The molecule has 0 spiro atoms. The fraction of sp³-hybridized carbons (Fsp3) is 0.941. The second kappa shape index (κ2) is 6.46. The smallest absolute Gasteiger partial charge is 0.224 e. The minimum absolute atomic E-state index is 0.00599. The fourth-order valence-corrected chi connectivity index (χ4v) is 4.13. The van der Waals surface area contributed by atoms with Crippen LogP contribution >= 0.6 is 0 Å². The van der Waals surface area contributed by atoms with Crippen LogP contribution < -0.4 is 5.73 Å². The molecule has 1 saturated carbocycles. The van der Waals surface area contributed by atoms with Crippen molar-refractivity contribution < 1.29 is 4.79 Å². The first-order chi connectivity index (χ1) is 9.37. The van der Waals surface area contributed by atoms with Gasteiger partial charge in [0.15, 0.2) is 0 Å². The Morgan fingerprint density at radius 2 is 1.85 bits per heavy atom. The molecule has 0 bridgehead atoms. The summed E-state index contributed by atoms with van der Waals surface area (Å²) in [5.74, 6) is 1.07. The van der Waals surface area contributed by atoms with E-state index in [1.807, 2.05) is 0 Å². The highest BCUT2D eigenvalue weighted by atomic mass is 16.2. The Morgan fingerprint density at radius 3 is 2.55 bits per heavy atom. The number of nitrogens with two attached hydrogens (primary N) is 1. The zero-order chi connectivity index (χ0) is 14.8. The van der Waals surface area contributed by atoms with Gasteiger partial charge in [0.1, 0.15) is 0 Å². The maximum absolute atomic E-state index is 12.6. The number of rotatable bonds is 3. The quantitative estimate of drug-likeness (QED) is 0.862. The first-order valence-corrected chi connectivity index (χ1v) is 8.42. The first kappa shape index (κ1) is 15.8. The molecular weight excluding hydrogens is 248 g/mol. The van der Waals surface area contributed by atoms with E-state index in [4.69, 9.17) is 5.73 Å². The summed E-state index contributed by atoms with van der Waals surface area (Å²) in [6.45, 7) is 7.53. The van der Waals surface area contributed by atoms with Gasteiger partial charge >= 0.3 is 0 Å². The molecule has 1 aliphatic heterocycles. The highest BCUT2D eigenvalue weighted by Gasteiger charge is 2.36. The van der Waals surface area contributed by atoms with Gasteiger partial charge in [-0.25, -0.2) is 0 Å². The van der Waals surface area contributed by atoms with Crippen LogP contribution in [0.4, 0.5) is 0 Å². The van der Waals surface area contributed by atoms with Crippen molar-refractivity contribution in [2.45, 2.75) is 84.2 Å². The Bertz CT molecular complexity index is 332. The Morgan fingerprint density at radius 1 is 1.20 bits per heavy atom. The number of likely N-dealkylation sites (tertiary alicyclic amines) is 1. The van der Waals surface area contributed by atoms with E-state index in [-0.39, 0.29) is 11.5 Å². The molecule has 2 N–H and O–H groups in total.